The van der Waals surface area contributed by atoms with Crippen LogP contribution < -0.4 is 4.74 Å². The summed E-state index contributed by atoms with van der Waals surface area (Å²) in [6, 6.07) is 8.02. The maximum atomic E-state index is 10.3. The van der Waals surface area contributed by atoms with Crippen LogP contribution >= 0.6 is 0 Å². The van der Waals surface area contributed by atoms with Gasteiger partial charge in [0.15, 0.2) is 0 Å². The van der Waals surface area contributed by atoms with Crippen molar-refractivity contribution in [2.75, 3.05) is 6.61 Å². The summed E-state index contributed by atoms with van der Waals surface area (Å²) in [5.74, 6) is 0.577. The minimum Gasteiger partial charge on any atom is -0.494 e. The number of aliphatic carboxylic acids is 1. The number of ether oxygens (including phenoxy) is 1. The van der Waals surface area contributed by atoms with Crippen LogP contribution in [-0.2, 0) is 4.79 Å². The molecule has 3 nitrogen and oxygen atoms in total. The maximum absolute atomic E-state index is 10.3. The second-order valence-electron chi connectivity index (χ2n) is 4.23. The number of carboxylic acids is 1. The molecule has 19 heavy (non-hydrogen) atoms. The van der Waals surface area contributed by atoms with Crippen molar-refractivity contribution < 1.29 is 14.6 Å². The van der Waals surface area contributed by atoms with Crippen LogP contribution in [0.1, 0.15) is 58.4 Å². The molecule has 0 saturated heterocycles. The van der Waals surface area contributed by atoms with Gasteiger partial charge in [0.25, 0.3) is 0 Å². The molecule has 0 spiro atoms. The van der Waals surface area contributed by atoms with Crippen LogP contribution in [-0.4, -0.2) is 17.7 Å². The predicted molar refractivity (Wildman–Crippen MR) is 78.9 cm³/mol. The molecule has 1 aromatic rings. The molecule has 0 radical (unpaired) electrons. The van der Waals surface area contributed by atoms with Gasteiger partial charge < -0.3 is 9.84 Å². The van der Waals surface area contributed by atoms with Gasteiger partial charge in [-0.15, -0.1) is 0 Å². The fraction of sp³-hybridized carbons (Fsp3) is 0.562. The van der Waals surface area contributed by atoms with Crippen LogP contribution in [0.3, 0.4) is 0 Å². The van der Waals surface area contributed by atoms with Crippen LogP contribution in [0.5, 0.6) is 5.75 Å². The number of hydrogen-bond acceptors (Lipinski definition) is 2. The average Bonchev–Trinajstić information content (AvgIpc) is 2.45. The average molecular weight is 266 g/mol. The van der Waals surface area contributed by atoms with Crippen LogP contribution in [0, 0.1) is 0 Å². The number of rotatable bonds is 7. The van der Waals surface area contributed by atoms with Crippen molar-refractivity contribution >= 4 is 5.97 Å². The highest BCUT2D eigenvalue weighted by Gasteiger charge is 2.04. The van der Waals surface area contributed by atoms with Gasteiger partial charge >= 0.3 is 5.97 Å². The molecule has 0 aromatic heterocycles. The summed E-state index contributed by atoms with van der Waals surface area (Å²) < 4.78 is 5.53. The van der Waals surface area contributed by atoms with E-state index < -0.39 is 5.97 Å². The molecule has 0 amide bonds. The van der Waals surface area contributed by atoms with Gasteiger partial charge in [-0.25, -0.2) is 0 Å². The van der Waals surface area contributed by atoms with E-state index in [0.29, 0.717) is 18.9 Å². The van der Waals surface area contributed by atoms with Gasteiger partial charge in [-0.2, -0.15) is 0 Å². The van der Waals surface area contributed by atoms with Gasteiger partial charge in [-0.1, -0.05) is 39.8 Å². The van der Waals surface area contributed by atoms with Crippen LogP contribution in [0.25, 0.3) is 0 Å². The topological polar surface area (TPSA) is 46.5 Å². The first-order valence-corrected chi connectivity index (χ1v) is 7.08. The second-order valence-corrected chi connectivity index (χ2v) is 4.23. The molecule has 0 aliphatic heterocycles. The Morgan fingerprint density at radius 1 is 1.37 bits per heavy atom. The third kappa shape index (κ3) is 7.50. The van der Waals surface area contributed by atoms with Crippen LogP contribution in [0.2, 0.25) is 0 Å². The Morgan fingerprint density at radius 3 is 2.63 bits per heavy atom. The van der Waals surface area contributed by atoms with E-state index in [0.717, 1.165) is 12.2 Å². The lowest BCUT2D eigenvalue weighted by atomic mass is 9.99. The van der Waals surface area contributed by atoms with E-state index >= 15 is 0 Å². The smallest absolute Gasteiger partial charge is 0.303 e. The first kappa shape index (κ1) is 17.5. The minimum absolute atomic E-state index is 0.158. The van der Waals surface area contributed by atoms with E-state index in [2.05, 4.69) is 19.9 Å². The zero-order valence-corrected chi connectivity index (χ0v) is 12.5. The summed E-state index contributed by atoms with van der Waals surface area (Å²) in [7, 11) is 0. The molecule has 0 aliphatic rings. The highest BCUT2D eigenvalue weighted by molar-refractivity contribution is 5.66. The normalized spacial score (nSPS) is 11.2. The molecular formula is C16H26O3. The Balaban J connectivity index is 0.00000154. The Kier molecular flexibility index (Phi) is 9.59. The van der Waals surface area contributed by atoms with Gasteiger partial charge in [0, 0.05) is 6.42 Å². The maximum Gasteiger partial charge on any atom is 0.303 e. The van der Waals surface area contributed by atoms with Gasteiger partial charge in [-0.05, 0) is 36.5 Å². The van der Waals surface area contributed by atoms with Gasteiger partial charge in [0.1, 0.15) is 5.75 Å². The summed E-state index contributed by atoms with van der Waals surface area (Å²) in [5, 5.41) is 8.50. The fourth-order valence-electron chi connectivity index (χ4n) is 1.56. The quantitative estimate of drug-likeness (QED) is 0.741. The first-order chi connectivity index (χ1) is 9.13. The molecule has 0 bridgehead atoms. The van der Waals surface area contributed by atoms with Crippen molar-refractivity contribution in [3.63, 3.8) is 0 Å². The highest BCUT2D eigenvalue weighted by Crippen LogP contribution is 2.22. The Morgan fingerprint density at radius 2 is 2.05 bits per heavy atom. The third-order valence-electron chi connectivity index (χ3n) is 2.84. The number of benzene rings is 1. The van der Waals surface area contributed by atoms with E-state index in [4.69, 9.17) is 9.84 Å². The monoisotopic (exact) mass is 266 g/mol. The summed E-state index contributed by atoms with van der Waals surface area (Å²) in [6.07, 6.45) is 1.80. The molecule has 1 N–H and O–H groups in total. The molecule has 0 heterocycles. The lowest BCUT2D eigenvalue weighted by Crippen LogP contribution is -2.02. The zero-order chi connectivity index (χ0) is 14.7. The largest absolute Gasteiger partial charge is 0.494 e. The van der Waals surface area contributed by atoms with Crippen molar-refractivity contribution in [1.82, 2.24) is 0 Å². The van der Waals surface area contributed by atoms with E-state index in [9.17, 15) is 4.79 Å². The summed E-state index contributed by atoms with van der Waals surface area (Å²) in [6.45, 7) is 8.80. The first-order valence-electron chi connectivity index (χ1n) is 7.08. The molecule has 1 rings (SSSR count). The molecule has 1 unspecified atom stereocenters. The molecule has 108 valence electrons. The lowest BCUT2D eigenvalue weighted by molar-refractivity contribution is -0.137. The van der Waals surface area contributed by atoms with Crippen LogP contribution in [0.15, 0.2) is 24.3 Å². The summed E-state index contributed by atoms with van der Waals surface area (Å²) >= 11 is 0. The van der Waals surface area contributed by atoms with Crippen molar-refractivity contribution in [3.8, 4) is 5.75 Å². The Labute approximate surface area is 116 Å². The van der Waals surface area contributed by atoms with Gasteiger partial charge in [0.05, 0.1) is 6.61 Å². The SMILES string of the molecule is CC.CCC(C)c1cccc(OCCCC(=O)O)c1. The number of carboxylic acid groups (broad SMARTS) is 1. The predicted octanol–water partition coefficient (Wildman–Crippen LogP) is 4.47. The molecule has 3 heteroatoms. The molecule has 0 saturated carbocycles. The van der Waals surface area contributed by atoms with E-state index in [1.165, 1.54) is 5.56 Å². The number of carbonyl (C=O) groups is 1. The molecule has 1 atom stereocenters. The second kappa shape index (κ2) is 10.4. The molecular weight excluding hydrogens is 240 g/mol. The van der Waals surface area contributed by atoms with E-state index in [-0.39, 0.29) is 6.42 Å². The zero-order valence-electron chi connectivity index (χ0n) is 12.5. The fourth-order valence-corrected chi connectivity index (χ4v) is 1.56. The molecule has 0 aliphatic carbocycles. The molecule has 1 aromatic carbocycles. The van der Waals surface area contributed by atoms with Crippen molar-refractivity contribution in [2.45, 2.75) is 52.9 Å². The van der Waals surface area contributed by atoms with Crippen LogP contribution in [0.4, 0.5) is 0 Å². The number of hydrogen-bond donors (Lipinski definition) is 1. The highest BCUT2D eigenvalue weighted by atomic mass is 16.5. The lowest BCUT2D eigenvalue weighted by Gasteiger charge is -2.11. The Hall–Kier alpha value is -1.51. The standard InChI is InChI=1S/C14H20O3.C2H6/c1-3-11(2)12-6-4-7-13(10-12)17-9-5-8-14(15)16;1-2/h4,6-7,10-11H,3,5,8-9H2,1-2H3,(H,15,16);1-2H3. The van der Waals surface area contributed by atoms with E-state index in [1.54, 1.807) is 0 Å². The van der Waals surface area contributed by atoms with E-state index in [1.807, 2.05) is 32.0 Å². The third-order valence-corrected chi connectivity index (χ3v) is 2.84. The molecule has 0 fully saturated rings. The van der Waals surface area contributed by atoms with Gasteiger partial charge in [0.2, 0.25) is 0 Å². The minimum atomic E-state index is -0.776. The summed E-state index contributed by atoms with van der Waals surface area (Å²) in [4.78, 5) is 10.3. The van der Waals surface area contributed by atoms with Crippen molar-refractivity contribution in [1.29, 1.82) is 0 Å². The van der Waals surface area contributed by atoms with Crippen molar-refractivity contribution in [3.05, 3.63) is 29.8 Å². The summed E-state index contributed by atoms with van der Waals surface area (Å²) in [5.41, 5.74) is 1.27. The van der Waals surface area contributed by atoms with Gasteiger partial charge in [-0.3, -0.25) is 4.79 Å². The Bertz CT molecular complexity index is 361. The van der Waals surface area contributed by atoms with Crippen molar-refractivity contribution in [2.24, 2.45) is 0 Å².